The van der Waals surface area contributed by atoms with Crippen LogP contribution in [0, 0.1) is 5.41 Å². The Morgan fingerprint density at radius 2 is 2.14 bits per heavy atom. The zero-order chi connectivity index (χ0) is 16.0. The van der Waals surface area contributed by atoms with Gasteiger partial charge in [-0.3, -0.25) is 4.79 Å². The molecule has 1 aliphatic rings. The van der Waals surface area contributed by atoms with Crippen LogP contribution in [0.15, 0.2) is 34.9 Å². The molecule has 0 aromatic heterocycles. The fraction of sp³-hybridized carbons (Fsp3) is 0.611. The molecule has 3 heteroatoms. The summed E-state index contributed by atoms with van der Waals surface area (Å²) in [4.78, 5) is 11.9. The van der Waals surface area contributed by atoms with E-state index in [1.807, 2.05) is 32.9 Å². The molecule has 21 heavy (non-hydrogen) atoms. The highest BCUT2D eigenvalue weighted by Crippen LogP contribution is 2.39. The number of Topliss-reactive ketones (excluding diaryl/α,β-unsaturated/α-hetero) is 1. The van der Waals surface area contributed by atoms with Crippen molar-refractivity contribution < 1.29 is 15.0 Å². The Morgan fingerprint density at radius 1 is 1.48 bits per heavy atom. The van der Waals surface area contributed by atoms with E-state index in [4.69, 9.17) is 0 Å². The summed E-state index contributed by atoms with van der Waals surface area (Å²) in [5.41, 5.74) is 2.50. The zero-order valence-corrected chi connectivity index (χ0v) is 13.6. The van der Waals surface area contributed by atoms with Crippen molar-refractivity contribution in [2.75, 3.05) is 6.61 Å². The summed E-state index contributed by atoms with van der Waals surface area (Å²) in [5, 5.41) is 18.9. The Labute approximate surface area is 128 Å². The number of carbonyl (C=O) groups excluding carboxylic acids is 1. The normalized spacial score (nSPS) is 25.8. The topological polar surface area (TPSA) is 57.5 Å². The average Bonchev–Trinajstić information content (AvgIpc) is 2.43. The second kappa shape index (κ2) is 7.71. The summed E-state index contributed by atoms with van der Waals surface area (Å²) < 4.78 is 0. The summed E-state index contributed by atoms with van der Waals surface area (Å²) >= 11 is 0. The highest BCUT2D eigenvalue weighted by molar-refractivity contribution is 5.97. The first-order chi connectivity index (χ1) is 9.80. The molecule has 0 saturated heterocycles. The fourth-order valence-electron chi connectivity index (χ4n) is 2.64. The molecule has 0 fully saturated rings. The standard InChI is InChI=1S/C18H28O3/c1-13(6-5-7-14(2)20)8-9-16-15(3)17(21)10-11-18(16,4)12-19/h6,8-9,14,19-20H,5,7,10-12H2,1-4H3/b9-8+,13-6?. The van der Waals surface area contributed by atoms with Crippen LogP contribution >= 0.6 is 0 Å². The average molecular weight is 292 g/mol. The third-order valence-corrected chi connectivity index (χ3v) is 4.29. The number of aliphatic hydroxyl groups excluding tert-OH is 2. The van der Waals surface area contributed by atoms with E-state index in [2.05, 4.69) is 6.08 Å². The van der Waals surface area contributed by atoms with Crippen LogP contribution in [0.5, 0.6) is 0 Å². The Balaban J connectivity index is 2.89. The third kappa shape index (κ3) is 4.94. The van der Waals surface area contributed by atoms with Crippen molar-refractivity contribution in [1.82, 2.24) is 0 Å². The van der Waals surface area contributed by atoms with Crippen LogP contribution in [0.1, 0.15) is 53.4 Å². The minimum atomic E-state index is -0.325. The Morgan fingerprint density at radius 3 is 2.71 bits per heavy atom. The fourth-order valence-corrected chi connectivity index (χ4v) is 2.64. The highest BCUT2D eigenvalue weighted by Gasteiger charge is 2.34. The van der Waals surface area contributed by atoms with Gasteiger partial charge in [-0.1, -0.05) is 30.7 Å². The smallest absolute Gasteiger partial charge is 0.158 e. The molecule has 2 N–H and O–H groups in total. The van der Waals surface area contributed by atoms with E-state index < -0.39 is 0 Å². The van der Waals surface area contributed by atoms with Gasteiger partial charge in [0.1, 0.15) is 0 Å². The van der Waals surface area contributed by atoms with Crippen molar-refractivity contribution in [3.63, 3.8) is 0 Å². The second-order valence-corrected chi connectivity index (χ2v) is 6.39. The minimum absolute atomic E-state index is 0.0576. The molecule has 2 unspecified atom stereocenters. The van der Waals surface area contributed by atoms with Crippen LogP contribution in [0.2, 0.25) is 0 Å². The maximum absolute atomic E-state index is 11.9. The molecule has 0 aromatic rings. The Kier molecular flexibility index (Phi) is 6.56. The van der Waals surface area contributed by atoms with Crippen LogP contribution in [-0.2, 0) is 4.79 Å². The van der Waals surface area contributed by atoms with E-state index in [1.165, 1.54) is 0 Å². The maximum atomic E-state index is 11.9. The molecule has 0 aromatic carbocycles. The van der Waals surface area contributed by atoms with Crippen molar-refractivity contribution in [1.29, 1.82) is 0 Å². The van der Waals surface area contributed by atoms with Crippen molar-refractivity contribution in [3.05, 3.63) is 34.9 Å². The predicted molar refractivity (Wildman–Crippen MR) is 85.9 cm³/mol. The molecule has 2 atom stereocenters. The molecule has 0 saturated carbocycles. The number of aliphatic hydroxyl groups is 2. The van der Waals surface area contributed by atoms with Crippen LogP contribution in [0.25, 0.3) is 0 Å². The summed E-state index contributed by atoms with van der Waals surface area (Å²) in [6.07, 6.45) is 8.57. The van der Waals surface area contributed by atoms with Crippen LogP contribution in [0.4, 0.5) is 0 Å². The first-order valence-corrected chi connectivity index (χ1v) is 7.68. The molecule has 0 bridgehead atoms. The van der Waals surface area contributed by atoms with Gasteiger partial charge in [-0.2, -0.15) is 0 Å². The Hall–Kier alpha value is -1.19. The van der Waals surface area contributed by atoms with E-state index in [-0.39, 0.29) is 23.9 Å². The molecule has 0 heterocycles. The number of rotatable bonds is 6. The molecule has 0 spiro atoms. The number of hydrogen-bond acceptors (Lipinski definition) is 3. The highest BCUT2D eigenvalue weighted by atomic mass is 16.3. The maximum Gasteiger partial charge on any atom is 0.158 e. The van der Waals surface area contributed by atoms with Gasteiger partial charge in [0.25, 0.3) is 0 Å². The van der Waals surface area contributed by atoms with Crippen molar-refractivity contribution in [2.45, 2.75) is 59.5 Å². The van der Waals surface area contributed by atoms with E-state index in [9.17, 15) is 15.0 Å². The number of allylic oxidation sites excluding steroid dienone is 5. The van der Waals surface area contributed by atoms with E-state index in [1.54, 1.807) is 6.92 Å². The van der Waals surface area contributed by atoms with Gasteiger partial charge in [0, 0.05) is 11.8 Å². The number of hydrogen-bond donors (Lipinski definition) is 2. The van der Waals surface area contributed by atoms with E-state index in [0.29, 0.717) is 12.8 Å². The van der Waals surface area contributed by atoms with Gasteiger partial charge in [-0.15, -0.1) is 0 Å². The van der Waals surface area contributed by atoms with Crippen LogP contribution in [0.3, 0.4) is 0 Å². The zero-order valence-electron chi connectivity index (χ0n) is 13.6. The van der Waals surface area contributed by atoms with Gasteiger partial charge < -0.3 is 10.2 Å². The first-order valence-electron chi connectivity index (χ1n) is 7.68. The van der Waals surface area contributed by atoms with Crippen LogP contribution in [-0.4, -0.2) is 28.7 Å². The molecule has 0 radical (unpaired) electrons. The van der Waals surface area contributed by atoms with Gasteiger partial charge >= 0.3 is 0 Å². The lowest BCUT2D eigenvalue weighted by Gasteiger charge is -2.34. The minimum Gasteiger partial charge on any atom is -0.395 e. The summed E-state index contributed by atoms with van der Waals surface area (Å²) in [7, 11) is 0. The van der Waals surface area contributed by atoms with Crippen molar-refractivity contribution in [2.24, 2.45) is 5.41 Å². The second-order valence-electron chi connectivity index (χ2n) is 6.39. The monoisotopic (exact) mass is 292 g/mol. The van der Waals surface area contributed by atoms with Crippen LogP contribution < -0.4 is 0 Å². The molecular formula is C18H28O3. The molecule has 3 nitrogen and oxygen atoms in total. The lowest BCUT2D eigenvalue weighted by atomic mass is 9.71. The molecule has 1 rings (SSSR count). The summed E-state index contributed by atoms with van der Waals surface area (Å²) in [6, 6.07) is 0. The van der Waals surface area contributed by atoms with Gasteiger partial charge in [0.15, 0.2) is 5.78 Å². The van der Waals surface area contributed by atoms with Gasteiger partial charge in [0.2, 0.25) is 0 Å². The largest absolute Gasteiger partial charge is 0.395 e. The van der Waals surface area contributed by atoms with E-state index in [0.717, 1.165) is 29.6 Å². The summed E-state index contributed by atoms with van der Waals surface area (Å²) in [6.45, 7) is 7.71. The number of carbonyl (C=O) groups is 1. The van der Waals surface area contributed by atoms with Gasteiger partial charge in [-0.05, 0) is 51.2 Å². The predicted octanol–water partition coefficient (Wildman–Crippen LogP) is 3.33. The van der Waals surface area contributed by atoms with E-state index >= 15 is 0 Å². The Bertz CT molecular complexity index is 469. The van der Waals surface area contributed by atoms with Crippen molar-refractivity contribution >= 4 is 5.78 Å². The van der Waals surface area contributed by atoms with Crippen molar-refractivity contribution in [3.8, 4) is 0 Å². The first kappa shape index (κ1) is 17.9. The van der Waals surface area contributed by atoms with Gasteiger partial charge in [0.05, 0.1) is 12.7 Å². The number of ketones is 1. The lowest BCUT2D eigenvalue weighted by Crippen LogP contribution is -2.30. The molecule has 1 aliphatic carbocycles. The molecule has 118 valence electrons. The third-order valence-electron chi connectivity index (χ3n) is 4.29. The summed E-state index contributed by atoms with van der Waals surface area (Å²) in [5.74, 6) is 0.177. The van der Waals surface area contributed by atoms with Gasteiger partial charge in [-0.25, -0.2) is 0 Å². The SMILES string of the molecule is CC(=CCCC(C)O)/C=C/C1=C(C)C(=O)CCC1(C)CO. The molecule has 0 amide bonds. The molecular weight excluding hydrogens is 264 g/mol. The lowest BCUT2D eigenvalue weighted by molar-refractivity contribution is -0.116. The quantitative estimate of drug-likeness (QED) is 0.738. The molecule has 0 aliphatic heterocycles.